The Labute approximate surface area is 161 Å². The smallest absolute Gasteiger partial charge is 0.274 e. The molecule has 27 heavy (non-hydrogen) atoms. The molecule has 0 spiro atoms. The molecule has 0 radical (unpaired) electrons. The number of amides is 2. The van der Waals surface area contributed by atoms with Gasteiger partial charge in [-0.1, -0.05) is 13.8 Å². The lowest BCUT2D eigenvalue weighted by molar-refractivity contribution is -0.122. The molecule has 0 aromatic carbocycles. The van der Waals surface area contributed by atoms with Gasteiger partial charge in [0.2, 0.25) is 5.91 Å². The Bertz CT molecular complexity index is 590. The first-order valence-electron chi connectivity index (χ1n) is 9.62. The molecule has 150 valence electrons. The van der Waals surface area contributed by atoms with Gasteiger partial charge in [0.25, 0.3) is 5.91 Å². The zero-order chi connectivity index (χ0) is 19.6. The van der Waals surface area contributed by atoms with Gasteiger partial charge in [0.1, 0.15) is 5.69 Å². The summed E-state index contributed by atoms with van der Waals surface area (Å²) in [5.74, 6) is 0.133. The Hall–Kier alpha value is -2.06. The number of hydrogen-bond acceptors (Lipinski definition) is 6. The standard InChI is InChI=1S/C19H31N5O3/c1-15(2)16(3)22-18(25)4-7-24(9-8-23-10-12-27-13-11-23)19(26)17-14-20-5-6-21-17/h5-6,14-16H,4,7-13H2,1-3H3,(H,22,25). The van der Waals surface area contributed by atoms with E-state index < -0.39 is 0 Å². The minimum Gasteiger partial charge on any atom is -0.379 e. The van der Waals surface area contributed by atoms with E-state index in [4.69, 9.17) is 4.74 Å². The summed E-state index contributed by atoms with van der Waals surface area (Å²) in [6.07, 6.45) is 4.77. The summed E-state index contributed by atoms with van der Waals surface area (Å²) in [6.45, 7) is 10.9. The maximum Gasteiger partial charge on any atom is 0.274 e. The van der Waals surface area contributed by atoms with E-state index in [1.165, 1.54) is 18.6 Å². The molecule has 0 saturated carbocycles. The first-order chi connectivity index (χ1) is 13.0. The van der Waals surface area contributed by atoms with Crippen LogP contribution in [-0.2, 0) is 9.53 Å². The highest BCUT2D eigenvalue weighted by Gasteiger charge is 2.20. The van der Waals surface area contributed by atoms with Gasteiger partial charge in [-0.05, 0) is 12.8 Å². The van der Waals surface area contributed by atoms with Crippen molar-refractivity contribution in [3.05, 3.63) is 24.3 Å². The average Bonchev–Trinajstić information content (AvgIpc) is 2.69. The van der Waals surface area contributed by atoms with Crippen molar-refractivity contribution >= 4 is 11.8 Å². The number of carbonyl (C=O) groups excluding carboxylic acids is 2. The summed E-state index contributed by atoms with van der Waals surface area (Å²) >= 11 is 0. The molecule has 1 unspecified atom stereocenters. The molecule has 0 aliphatic carbocycles. The van der Waals surface area contributed by atoms with Crippen molar-refractivity contribution in [1.29, 1.82) is 0 Å². The molecule has 2 heterocycles. The summed E-state index contributed by atoms with van der Waals surface area (Å²) in [6, 6.07) is 0.106. The van der Waals surface area contributed by atoms with Crippen LogP contribution in [0.25, 0.3) is 0 Å². The fourth-order valence-corrected chi connectivity index (χ4v) is 2.70. The fraction of sp³-hybridized carbons (Fsp3) is 0.684. The van der Waals surface area contributed by atoms with Crippen molar-refractivity contribution in [1.82, 2.24) is 25.1 Å². The molecule has 2 rings (SSSR count). The Morgan fingerprint density at radius 2 is 1.96 bits per heavy atom. The predicted molar refractivity (Wildman–Crippen MR) is 102 cm³/mol. The van der Waals surface area contributed by atoms with Crippen molar-refractivity contribution in [2.45, 2.75) is 33.2 Å². The quantitative estimate of drug-likeness (QED) is 0.685. The van der Waals surface area contributed by atoms with Gasteiger partial charge < -0.3 is 15.0 Å². The van der Waals surface area contributed by atoms with Gasteiger partial charge >= 0.3 is 0 Å². The Morgan fingerprint density at radius 1 is 1.22 bits per heavy atom. The molecular weight excluding hydrogens is 346 g/mol. The van der Waals surface area contributed by atoms with Crippen LogP contribution in [0.3, 0.4) is 0 Å². The van der Waals surface area contributed by atoms with Crippen molar-refractivity contribution in [2.75, 3.05) is 45.9 Å². The maximum atomic E-state index is 12.8. The van der Waals surface area contributed by atoms with E-state index in [2.05, 4.69) is 34.0 Å². The molecule has 1 fully saturated rings. The molecule has 1 aliphatic heterocycles. The van der Waals surface area contributed by atoms with Gasteiger partial charge in [0.15, 0.2) is 0 Å². The van der Waals surface area contributed by atoms with E-state index >= 15 is 0 Å². The van der Waals surface area contributed by atoms with Crippen LogP contribution >= 0.6 is 0 Å². The number of carbonyl (C=O) groups is 2. The highest BCUT2D eigenvalue weighted by molar-refractivity contribution is 5.92. The molecule has 0 bridgehead atoms. The summed E-state index contributed by atoms with van der Waals surface area (Å²) in [5, 5.41) is 2.99. The molecule has 1 N–H and O–H groups in total. The predicted octanol–water partition coefficient (Wildman–Crippen LogP) is 0.802. The van der Waals surface area contributed by atoms with Gasteiger partial charge in [-0.15, -0.1) is 0 Å². The van der Waals surface area contributed by atoms with E-state index in [1.54, 1.807) is 4.90 Å². The third-order valence-electron chi connectivity index (χ3n) is 4.86. The van der Waals surface area contributed by atoms with Crippen molar-refractivity contribution in [3.8, 4) is 0 Å². The molecular formula is C19H31N5O3. The van der Waals surface area contributed by atoms with Gasteiger partial charge in [-0.3, -0.25) is 19.5 Å². The van der Waals surface area contributed by atoms with Crippen LogP contribution in [0, 0.1) is 5.92 Å². The number of nitrogens with zero attached hydrogens (tertiary/aromatic N) is 4. The molecule has 1 atom stereocenters. The highest BCUT2D eigenvalue weighted by Crippen LogP contribution is 2.05. The van der Waals surface area contributed by atoms with Crippen molar-refractivity contribution in [2.24, 2.45) is 5.92 Å². The summed E-state index contributed by atoms with van der Waals surface area (Å²) in [5.41, 5.74) is 0.301. The normalized spacial score (nSPS) is 16.1. The lowest BCUT2D eigenvalue weighted by atomic mass is 10.1. The Morgan fingerprint density at radius 3 is 2.59 bits per heavy atom. The van der Waals surface area contributed by atoms with Crippen LogP contribution in [0.1, 0.15) is 37.7 Å². The van der Waals surface area contributed by atoms with Crippen LogP contribution < -0.4 is 5.32 Å². The fourth-order valence-electron chi connectivity index (χ4n) is 2.70. The van der Waals surface area contributed by atoms with Crippen molar-refractivity contribution < 1.29 is 14.3 Å². The maximum absolute atomic E-state index is 12.8. The largest absolute Gasteiger partial charge is 0.379 e. The highest BCUT2D eigenvalue weighted by atomic mass is 16.5. The van der Waals surface area contributed by atoms with Gasteiger partial charge in [0, 0.05) is 57.6 Å². The zero-order valence-corrected chi connectivity index (χ0v) is 16.6. The van der Waals surface area contributed by atoms with Gasteiger partial charge in [0.05, 0.1) is 19.4 Å². The van der Waals surface area contributed by atoms with E-state index in [1.807, 2.05) is 6.92 Å². The van der Waals surface area contributed by atoms with E-state index in [0.717, 1.165) is 19.6 Å². The Kier molecular flexibility index (Phi) is 8.60. The zero-order valence-electron chi connectivity index (χ0n) is 16.6. The molecule has 1 aliphatic rings. The topological polar surface area (TPSA) is 87.7 Å². The second-order valence-corrected chi connectivity index (χ2v) is 7.19. The number of ether oxygens (including phenoxy) is 1. The van der Waals surface area contributed by atoms with Gasteiger partial charge in [-0.25, -0.2) is 4.98 Å². The SMILES string of the molecule is CC(C)C(C)NC(=O)CCN(CCN1CCOCC1)C(=O)c1cnccn1. The van der Waals surface area contributed by atoms with E-state index in [0.29, 0.717) is 37.9 Å². The van der Waals surface area contributed by atoms with E-state index in [9.17, 15) is 9.59 Å². The second-order valence-electron chi connectivity index (χ2n) is 7.19. The van der Waals surface area contributed by atoms with Crippen LogP contribution in [0.4, 0.5) is 0 Å². The summed E-state index contributed by atoms with van der Waals surface area (Å²) in [4.78, 5) is 37.1. The molecule has 2 amide bonds. The third kappa shape index (κ3) is 7.22. The molecule has 8 nitrogen and oxygen atoms in total. The first-order valence-corrected chi connectivity index (χ1v) is 9.62. The molecule has 1 aromatic rings. The second kappa shape index (κ2) is 10.9. The van der Waals surface area contributed by atoms with Crippen LogP contribution in [0.15, 0.2) is 18.6 Å². The van der Waals surface area contributed by atoms with E-state index in [-0.39, 0.29) is 24.3 Å². The lowest BCUT2D eigenvalue weighted by Gasteiger charge is -2.30. The number of rotatable bonds is 9. The summed E-state index contributed by atoms with van der Waals surface area (Å²) < 4.78 is 5.37. The average molecular weight is 377 g/mol. The molecule has 8 heteroatoms. The number of morpholine rings is 1. The number of hydrogen-bond donors (Lipinski definition) is 1. The van der Waals surface area contributed by atoms with Crippen LogP contribution in [0.2, 0.25) is 0 Å². The number of aromatic nitrogens is 2. The number of nitrogens with one attached hydrogen (secondary N) is 1. The Balaban J connectivity index is 1.93. The van der Waals surface area contributed by atoms with Crippen molar-refractivity contribution in [3.63, 3.8) is 0 Å². The first kappa shape index (κ1) is 21.2. The lowest BCUT2D eigenvalue weighted by Crippen LogP contribution is -2.44. The monoisotopic (exact) mass is 377 g/mol. The minimum atomic E-state index is -0.193. The van der Waals surface area contributed by atoms with Gasteiger partial charge in [-0.2, -0.15) is 0 Å². The van der Waals surface area contributed by atoms with Crippen LogP contribution in [0.5, 0.6) is 0 Å². The third-order valence-corrected chi connectivity index (χ3v) is 4.86. The molecule has 1 saturated heterocycles. The van der Waals surface area contributed by atoms with Crippen LogP contribution in [-0.4, -0.2) is 83.6 Å². The minimum absolute atomic E-state index is 0.0421. The molecule has 1 aromatic heterocycles. The summed E-state index contributed by atoms with van der Waals surface area (Å²) in [7, 11) is 0.